The molecular formula is C12H16N6OS. The molecule has 0 bridgehead atoms. The van der Waals surface area contributed by atoms with Gasteiger partial charge in [0.15, 0.2) is 0 Å². The van der Waals surface area contributed by atoms with Gasteiger partial charge in [-0.05, 0) is 19.9 Å². The van der Waals surface area contributed by atoms with Crippen molar-refractivity contribution in [2.45, 2.75) is 19.9 Å². The van der Waals surface area contributed by atoms with Crippen LogP contribution in [-0.2, 0) is 4.79 Å². The second-order valence-electron chi connectivity index (χ2n) is 5.01. The number of anilines is 1. The molecule has 3 heterocycles. The van der Waals surface area contributed by atoms with Crippen LogP contribution in [0.2, 0.25) is 0 Å². The molecule has 1 N–H and O–H groups in total. The zero-order valence-corrected chi connectivity index (χ0v) is 12.2. The minimum absolute atomic E-state index is 0.0476. The number of aryl methyl sites for hydroxylation is 2. The van der Waals surface area contributed by atoms with E-state index >= 15 is 0 Å². The van der Waals surface area contributed by atoms with E-state index in [2.05, 4.69) is 43.2 Å². The highest BCUT2D eigenvalue weighted by Gasteiger charge is 2.30. The van der Waals surface area contributed by atoms with Crippen LogP contribution >= 0.6 is 11.3 Å². The molecule has 2 aromatic heterocycles. The van der Waals surface area contributed by atoms with E-state index in [0.717, 1.165) is 18.8 Å². The first-order valence-corrected chi connectivity index (χ1v) is 7.31. The normalized spacial score (nSPS) is 16.1. The van der Waals surface area contributed by atoms with Crippen molar-refractivity contribution in [3.05, 3.63) is 23.0 Å². The predicted octanol–water partition coefficient (Wildman–Crippen LogP) is 0.847. The molecule has 0 aliphatic carbocycles. The highest BCUT2D eigenvalue weighted by Crippen LogP contribution is 2.22. The zero-order valence-electron chi connectivity index (χ0n) is 11.4. The maximum absolute atomic E-state index is 11.8. The number of hydrogen-bond acceptors (Lipinski definition) is 6. The standard InChI is InChI=1S/C12H16N6OS/c1-8-3-9(2)18(16-8)10-4-17(5-10)6-11(19)14-12-15-13-7-20-12/h3,7,10H,4-6H2,1-2H3,(H,14,15,19). The van der Waals surface area contributed by atoms with Crippen LogP contribution < -0.4 is 5.32 Å². The largest absolute Gasteiger partial charge is 0.299 e. The molecule has 2 aromatic rings. The number of rotatable bonds is 4. The minimum Gasteiger partial charge on any atom is -0.299 e. The molecule has 8 heteroatoms. The fourth-order valence-electron chi connectivity index (χ4n) is 2.43. The summed E-state index contributed by atoms with van der Waals surface area (Å²) in [6.45, 7) is 6.15. The van der Waals surface area contributed by atoms with E-state index in [9.17, 15) is 4.79 Å². The van der Waals surface area contributed by atoms with Crippen LogP contribution in [0.4, 0.5) is 5.13 Å². The van der Waals surface area contributed by atoms with E-state index in [4.69, 9.17) is 0 Å². The van der Waals surface area contributed by atoms with Gasteiger partial charge in [-0.2, -0.15) is 5.10 Å². The monoisotopic (exact) mass is 292 g/mol. The van der Waals surface area contributed by atoms with Crippen LogP contribution in [0.3, 0.4) is 0 Å². The van der Waals surface area contributed by atoms with Gasteiger partial charge in [-0.15, -0.1) is 10.2 Å². The number of nitrogens with one attached hydrogen (secondary N) is 1. The third kappa shape index (κ3) is 2.70. The molecule has 106 valence electrons. The third-order valence-electron chi connectivity index (χ3n) is 3.30. The predicted molar refractivity (Wildman–Crippen MR) is 75.7 cm³/mol. The lowest BCUT2D eigenvalue weighted by molar-refractivity contribution is -0.118. The number of likely N-dealkylation sites (tertiary alicyclic amines) is 1. The van der Waals surface area contributed by atoms with Gasteiger partial charge in [-0.3, -0.25) is 19.7 Å². The number of carbonyl (C=O) groups excluding carboxylic acids is 1. The first kappa shape index (κ1) is 13.2. The van der Waals surface area contributed by atoms with Crippen molar-refractivity contribution in [2.24, 2.45) is 0 Å². The first-order valence-electron chi connectivity index (χ1n) is 6.43. The van der Waals surface area contributed by atoms with Crippen molar-refractivity contribution in [3.63, 3.8) is 0 Å². The van der Waals surface area contributed by atoms with E-state index in [1.54, 1.807) is 5.51 Å². The summed E-state index contributed by atoms with van der Waals surface area (Å²) in [6, 6.07) is 2.45. The number of amides is 1. The SMILES string of the molecule is Cc1cc(C)n(C2CN(CC(=O)Nc3nncs3)C2)n1. The molecule has 7 nitrogen and oxygen atoms in total. The highest BCUT2D eigenvalue weighted by molar-refractivity contribution is 7.13. The Hall–Kier alpha value is -1.80. The highest BCUT2D eigenvalue weighted by atomic mass is 32.1. The van der Waals surface area contributed by atoms with Crippen LogP contribution in [0.15, 0.2) is 11.6 Å². The quantitative estimate of drug-likeness (QED) is 0.904. The Labute approximate surface area is 120 Å². The molecule has 0 radical (unpaired) electrons. The van der Waals surface area contributed by atoms with Gasteiger partial charge in [-0.1, -0.05) is 11.3 Å². The second kappa shape index (κ2) is 5.29. The van der Waals surface area contributed by atoms with Gasteiger partial charge in [0.2, 0.25) is 11.0 Å². The molecule has 0 atom stereocenters. The summed E-state index contributed by atoms with van der Waals surface area (Å²) in [7, 11) is 0. The van der Waals surface area contributed by atoms with E-state index in [-0.39, 0.29) is 5.91 Å². The Balaban J connectivity index is 1.48. The summed E-state index contributed by atoms with van der Waals surface area (Å²) in [5, 5.41) is 15.2. The van der Waals surface area contributed by atoms with Crippen molar-refractivity contribution >= 4 is 22.4 Å². The smallest absolute Gasteiger partial charge is 0.240 e. The number of aromatic nitrogens is 4. The van der Waals surface area contributed by atoms with Crippen LogP contribution in [0, 0.1) is 13.8 Å². The Morgan fingerprint density at radius 1 is 1.50 bits per heavy atom. The Kier molecular flexibility index (Phi) is 3.49. The summed E-state index contributed by atoms with van der Waals surface area (Å²) in [6.07, 6.45) is 0. The van der Waals surface area contributed by atoms with Gasteiger partial charge in [0.1, 0.15) is 5.51 Å². The van der Waals surface area contributed by atoms with Gasteiger partial charge in [0.25, 0.3) is 0 Å². The number of hydrogen-bond donors (Lipinski definition) is 1. The molecule has 1 amide bonds. The Morgan fingerprint density at radius 3 is 2.90 bits per heavy atom. The van der Waals surface area contributed by atoms with Crippen LogP contribution in [0.1, 0.15) is 17.4 Å². The lowest BCUT2D eigenvalue weighted by atomic mass is 10.1. The topological polar surface area (TPSA) is 75.9 Å². The molecule has 20 heavy (non-hydrogen) atoms. The van der Waals surface area contributed by atoms with Crippen molar-refractivity contribution in [1.29, 1.82) is 0 Å². The van der Waals surface area contributed by atoms with Gasteiger partial charge in [0, 0.05) is 18.8 Å². The Morgan fingerprint density at radius 2 is 2.30 bits per heavy atom. The van der Waals surface area contributed by atoms with E-state index < -0.39 is 0 Å². The van der Waals surface area contributed by atoms with E-state index in [0.29, 0.717) is 17.7 Å². The van der Waals surface area contributed by atoms with Crippen molar-refractivity contribution in [1.82, 2.24) is 24.9 Å². The molecule has 0 unspecified atom stereocenters. The molecule has 0 spiro atoms. The third-order valence-corrected chi connectivity index (χ3v) is 3.91. The van der Waals surface area contributed by atoms with Crippen LogP contribution in [0.5, 0.6) is 0 Å². The second-order valence-corrected chi connectivity index (χ2v) is 5.84. The number of nitrogens with zero attached hydrogens (tertiary/aromatic N) is 5. The average molecular weight is 292 g/mol. The first-order chi connectivity index (χ1) is 9.61. The van der Waals surface area contributed by atoms with Crippen LogP contribution in [0.25, 0.3) is 0 Å². The summed E-state index contributed by atoms with van der Waals surface area (Å²) in [5.41, 5.74) is 3.80. The maximum Gasteiger partial charge on any atom is 0.240 e. The van der Waals surface area contributed by atoms with Crippen LogP contribution in [-0.4, -0.2) is 50.4 Å². The summed E-state index contributed by atoms with van der Waals surface area (Å²) in [4.78, 5) is 13.9. The summed E-state index contributed by atoms with van der Waals surface area (Å²) >= 11 is 1.32. The Bertz CT molecular complexity index is 602. The number of carbonyl (C=O) groups is 1. The average Bonchev–Trinajstić information content (AvgIpc) is 2.93. The maximum atomic E-state index is 11.8. The molecule has 1 aliphatic rings. The molecule has 0 saturated carbocycles. The van der Waals surface area contributed by atoms with Gasteiger partial charge in [0.05, 0.1) is 18.3 Å². The van der Waals surface area contributed by atoms with Crippen molar-refractivity contribution in [2.75, 3.05) is 25.0 Å². The van der Waals surface area contributed by atoms with Gasteiger partial charge < -0.3 is 0 Å². The molecule has 1 saturated heterocycles. The fourth-order valence-corrected chi connectivity index (χ4v) is 2.89. The molecular weight excluding hydrogens is 276 g/mol. The van der Waals surface area contributed by atoms with E-state index in [1.165, 1.54) is 17.0 Å². The molecule has 3 rings (SSSR count). The van der Waals surface area contributed by atoms with Crippen molar-refractivity contribution < 1.29 is 4.79 Å². The molecule has 1 fully saturated rings. The fraction of sp³-hybridized carbons (Fsp3) is 0.500. The lowest BCUT2D eigenvalue weighted by Crippen LogP contribution is -2.51. The van der Waals surface area contributed by atoms with Gasteiger partial charge >= 0.3 is 0 Å². The van der Waals surface area contributed by atoms with Gasteiger partial charge in [-0.25, -0.2) is 0 Å². The minimum atomic E-state index is -0.0476. The lowest BCUT2D eigenvalue weighted by Gasteiger charge is -2.39. The zero-order chi connectivity index (χ0) is 14.1. The molecule has 1 aliphatic heterocycles. The van der Waals surface area contributed by atoms with Crippen molar-refractivity contribution in [3.8, 4) is 0 Å². The van der Waals surface area contributed by atoms with E-state index in [1.807, 2.05) is 6.92 Å². The summed E-state index contributed by atoms with van der Waals surface area (Å²) in [5.74, 6) is -0.0476. The summed E-state index contributed by atoms with van der Waals surface area (Å²) < 4.78 is 2.05. The molecule has 0 aromatic carbocycles.